The smallest absolute Gasteiger partial charge is 0.481 e. The Morgan fingerprint density at radius 3 is 2.28 bits per heavy atom. The van der Waals surface area contributed by atoms with Gasteiger partial charge in [-0.15, -0.1) is 0 Å². The summed E-state index contributed by atoms with van der Waals surface area (Å²) in [5.74, 6) is -2.12. The van der Waals surface area contributed by atoms with Crippen LogP contribution in [0.3, 0.4) is 0 Å². The van der Waals surface area contributed by atoms with Gasteiger partial charge in [0.15, 0.2) is 0 Å². The van der Waals surface area contributed by atoms with Gasteiger partial charge in [0.1, 0.15) is 13.0 Å². The quantitative estimate of drug-likeness (QED) is 0.276. The zero-order valence-electron chi connectivity index (χ0n) is 9.37. The first-order valence-corrected chi connectivity index (χ1v) is 4.60. The van der Waals surface area contributed by atoms with E-state index in [1.54, 1.807) is 0 Å². The third kappa shape index (κ3) is 5.59. The molecule has 0 spiro atoms. The Morgan fingerprint density at radius 1 is 1.28 bits per heavy atom. The normalized spacial score (nSPS) is 9.11. The van der Waals surface area contributed by atoms with Crippen molar-refractivity contribution in [2.45, 2.75) is 13.0 Å². The Bertz CT molecular complexity index is 444. The van der Waals surface area contributed by atoms with Gasteiger partial charge in [-0.25, -0.2) is 0 Å². The van der Waals surface area contributed by atoms with Gasteiger partial charge in [0, 0.05) is 12.1 Å². The molecule has 1 aromatic rings. The molecule has 0 amide bonds. The first-order valence-electron chi connectivity index (χ1n) is 4.60. The molecule has 18 heavy (non-hydrogen) atoms. The number of non-ortho nitro benzene ring substituents is 1. The predicted molar refractivity (Wildman–Crippen MR) is 60.9 cm³/mol. The number of carboxylic acid groups (broad SMARTS) is 1. The first kappa shape index (κ1) is 16.3. The number of hydrogen-bond donors (Lipinski definition) is 1. The number of carbonyl (C=O) groups is 2. The molecule has 7 nitrogen and oxygen atoms in total. The van der Waals surface area contributed by atoms with Gasteiger partial charge in [-0.3, -0.25) is 19.7 Å². The van der Waals surface area contributed by atoms with Crippen LogP contribution in [0, 0.1) is 10.1 Å². The number of carboxylic acids is 1. The van der Waals surface area contributed by atoms with Crippen LogP contribution in [0.4, 0.5) is 5.69 Å². The van der Waals surface area contributed by atoms with Gasteiger partial charge in [-0.2, -0.15) is 0 Å². The van der Waals surface area contributed by atoms with E-state index in [0.717, 1.165) is 0 Å². The number of benzene rings is 1. The molecule has 8 heteroatoms. The van der Waals surface area contributed by atoms with Crippen molar-refractivity contribution < 1.29 is 24.4 Å². The summed E-state index contributed by atoms with van der Waals surface area (Å²) in [4.78, 5) is 30.9. The van der Waals surface area contributed by atoms with Crippen molar-refractivity contribution >= 4 is 40.7 Å². The van der Waals surface area contributed by atoms with Crippen LogP contribution >= 0.6 is 0 Å². The molecule has 0 aliphatic rings. The van der Waals surface area contributed by atoms with Crippen LogP contribution in [0.25, 0.3) is 0 Å². The molecule has 0 fully saturated rings. The minimum absolute atomic E-state index is 0. The fraction of sp³-hybridized carbons (Fsp3) is 0.200. The fourth-order valence-electron chi connectivity index (χ4n) is 1.05. The number of nitro benzene ring substituents is 1. The van der Waals surface area contributed by atoms with E-state index < -0.39 is 23.3 Å². The van der Waals surface area contributed by atoms with E-state index >= 15 is 0 Å². The van der Waals surface area contributed by atoms with E-state index in [1.807, 2.05) is 0 Å². The maximum atomic E-state index is 10.9. The topological polar surface area (TPSA) is 107 Å². The van der Waals surface area contributed by atoms with Gasteiger partial charge in [0.25, 0.3) is 5.69 Å². The molecule has 0 atom stereocenters. The van der Waals surface area contributed by atoms with Crippen LogP contribution in [-0.2, 0) is 20.9 Å². The zero-order chi connectivity index (χ0) is 12.8. The number of hydrogen-bond acceptors (Lipinski definition) is 5. The van der Waals surface area contributed by atoms with E-state index in [0.29, 0.717) is 5.56 Å². The van der Waals surface area contributed by atoms with Crippen molar-refractivity contribution in [1.29, 1.82) is 0 Å². The number of aliphatic carboxylic acids is 1. The molecule has 0 saturated carbocycles. The molecule has 0 unspecified atom stereocenters. The zero-order valence-corrected chi connectivity index (χ0v) is 10.8. The predicted octanol–water partition coefficient (Wildman–Crippen LogP) is 0.732. The molecule has 1 N–H and O–H groups in total. The second-order valence-electron chi connectivity index (χ2n) is 3.15. The summed E-state index contributed by atoms with van der Waals surface area (Å²) >= 11 is 0. The second-order valence-corrected chi connectivity index (χ2v) is 3.15. The first-order chi connectivity index (χ1) is 7.99. The summed E-state index contributed by atoms with van der Waals surface area (Å²) in [6, 6.07) is 5.43. The van der Waals surface area contributed by atoms with Gasteiger partial charge in [0.2, 0.25) is 0 Å². The Hall–Kier alpha value is -1.67. The Labute approximate surface area is 118 Å². The van der Waals surface area contributed by atoms with Crippen molar-refractivity contribution in [2.75, 3.05) is 0 Å². The average Bonchev–Trinajstić information content (AvgIpc) is 2.26. The number of carbonyl (C=O) groups excluding carboxylic acids is 1. The van der Waals surface area contributed by atoms with Crippen molar-refractivity contribution in [2.24, 2.45) is 0 Å². The van der Waals surface area contributed by atoms with E-state index in [4.69, 9.17) is 5.11 Å². The van der Waals surface area contributed by atoms with Crippen molar-refractivity contribution in [3.05, 3.63) is 39.9 Å². The Kier molecular flexibility index (Phi) is 6.91. The van der Waals surface area contributed by atoms with Crippen LogP contribution in [0.5, 0.6) is 0 Å². The summed E-state index contributed by atoms with van der Waals surface area (Å²) in [7, 11) is 0. The summed E-state index contributed by atoms with van der Waals surface area (Å²) in [5.41, 5.74) is 0.486. The molecule has 0 aliphatic carbocycles. The van der Waals surface area contributed by atoms with Gasteiger partial charge < -0.3 is 9.84 Å². The maximum Gasteiger partial charge on any atom is 2.00 e. The van der Waals surface area contributed by atoms with Crippen LogP contribution in [0.15, 0.2) is 24.3 Å². The standard InChI is InChI=1S/C10H9NO6.Mg/c12-9(13)5-10(14)17-6-7-1-3-8(4-2-7)11(15)16;/h1-4H,5-6H2,(H,12,13);/q;+2. The molecule has 0 saturated heterocycles. The van der Waals surface area contributed by atoms with E-state index in [9.17, 15) is 19.7 Å². The Morgan fingerprint density at radius 2 is 1.83 bits per heavy atom. The largest absolute Gasteiger partial charge is 2.00 e. The fourth-order valence-corrected chi connectivity index (χ4v) is 1.05. The maximum absolute atomic E-state index is 10.9. The molecule has 0 bridgehead atoms. The molecule has 0 heterocycles. The third-order valence-electron chi connectivity index (χ3n) is 1.84. The SMILES string of the molecule is O=C(O)CC(=O)OCc1ccc([N+](=O)[O-])cc1.[Mg+2]. The minimum atomic E-state index is -1.27. The molecule has 0 aliphatic heterocycles. The summed E-state index contributed by atoms with van der Waals surface area (Å²) in [6.07, 6.45) is -0.701. The molecular weight excluding hydrogens is 254 g/mol. The third-order valence-corrected chi connectivity index (χ3v) is 1.84. The number of nitrogens with zero attached hydrogens (tertiary/aromatic N) is 1. The van der Waals surface area contributed by atoms with Crippen molar-refractivity contribution in [3.8, 4) is 0 Å². The number of nitro groups is 1. The number of rotatable bonds is 5. The van der Waals surface area contributed by atoms with E-state index in [2.05, 4.69) is 4.74 Å². The summed E-state index contributed by atoms with van der Waals surface area (Å²) in [5, 5.41) is 18.7. The average molecular weight is 263 g/mol. The minimum Gasteiger partial charge on any atom is -0.481 e. The van der Waals surface area contributed by atoms with Gasteiger partial charge in [-0.05, 0) is 17.7 Å². The number of esters is 1. The van der Waals surface area contributed by atoms with Crippen LogP contribution in [0.2, 0.25) is 0 Å². The van der Waals surface area contributed by atoms with Crippen molar-refractivity contribution in [3.63, 3.8) is 0 Å². The molecule has 90 valence electrons. The van der Waals surface area contributed by atoms with Crippen molar-refractivity contribution in [1.82, 2.24) is 0 Å². The monoisotopic (exact) mass is 263 g/mol. The van der Waals surface area contributed by atoms with E-state index in [-0.39, 0.29) is 35.3 Å². The van der Waals surface area contributed by atoms with Crippen LogP contribution in [0.1, 0.15) is 12.0 Å². The van der Waals surface area contributed by atoms with Crippen LogP contribution in [-0.4, -0.2) is 45.0 Å². The molecule has 0 aromatic heterocycles. The molecule has 1 rings (SSSR count). The van der Waals surface area contributed by atoms with Gasteiger partial charge >= 0.3 is 35.0 Å². The van der Waals surface area contributed by atoms with E-state index in [1.165, 1.54) is 24.3 Å². The molecule has 1 aromatic carbocycles. The number of ether oxygens (including phenoxy) is 1. The summed E-state index contributed by atoms with van der Waals surface area (Å²) in [6.45, 7) is -0.107. The van der Waals surface area contributed by atoms with Gasteiger partial charge in [-0.1, -0.05) is 0 Å². The summed E-state index contributed by atoms with van der Waals surface area (Å²) < 4.78 is 4.65. The van der Waals surface area contributed by atoms with Crippen LogP contribution < -0.4 is 0 Å². The second kappa shape index (κ2) is 7.61. The van der Waals surface area contributed by atoms with Gasteiger partial charge in [0.05, 0.1) is 4.92 Å². The molecule has 0 radical (unpaired) electrons. The molecular formula is C10H9MgNO6+2. The Balaban J connectivity index is 0.00000289.